The molecule has 0 amide bonds. The van der Waals surface area contributed by atoms with E-state index in [1.54, 1.807) is 12.3 Å². The second kappa shape index (κ2) is 4.43. The summed E-state index contributed by atoms with van der Waals surface area (Å²) in [5, 5.41) is 10.6. The molecule has 17 heavy (non-hydrogen) atoms. The molecule has 1 aromatic carbocycles. The maximum Gasteiger partial charge on any atom is 0.151 e. The lowest BCUT2D eigenvalue weighted by atomic mass is 10.1. The zero-order valence-electron chi connectivity index (χ0n) is 8.94. The fraction of sp³-hybridized carbons (Fsp3) is 0. The molecule has 86 valence electrons. The summed E-state index contributed by atoms with van der Waals surface area (Å²) < 4.78 is 0. The molecular weight excluding hydrogens is 238 g/mol. The number of aromatic amines is 1. The predicted molar refractivity (Wildman–Crippen MR) is 70.0 cm³/mol. The molecule has 2 N–H and O–H groups in total. The number of rotatable bonds is 3. The van der Waals surface area contributed by atoms with Crippen LogP contribution >= 0.6 is 11.6 Å². The highest BCUT2D eigenvalue weighted by molar-refractivity contribution is 6.33. The first-order valence-electron chi connectivity index (χ1n) is 4.82. The van der Waals surface area contributed by atoms with Crippen molar-refractivity contribution in [1.82, 2.24) is 9.97 Å². The number of nitrogens with one attached hydrogen (secondary N) is 1. The molecule has 0 aliphatic heterocycles. The van der Waals surface area contributed by atoms with Crippen molar-refractivity contribution in [3.8, 4) is 17.0 Å². The van der Waals surface area contributed by atoms with Gasteiger partial charge in [-0.15, -0.1) is 0 Å². The number of aliphatic imine (C=N–C) groups is 1. The maximum absolute atomic E-state index is 10.1. The third-order valence-corrected chi connectivity index (χ3v) is 2.73. The highest BCUT2D eigenvalue weighted by Crippen LogP contribution is 2.43. The van der Waals surface area contributed by atoms with Crippen molar-refractivity contribution in [1.29, 1.82) is 0 Å². The van der Waals surface area contributed by atoms with Gasteiger partial charge in [0.2, 0.25) is 0 Å². The van der Waals surface area contributed by atoms with Gasteiger partial charge in [0.25, 0.3) is 0 Å². The number of hydrogen-bond acceptors (Lipinski definition) is 3. The minimum Gasteiger partial charge on any atom is -0.505 e. The molecule has 0 aliphatic rings. The van der Waals surface area contributed by atoms with Gasteiger partial charge in [-0.25, -0.2) is 4.98 Å². The number of aromatic nitrogens is 2. The Morgan fingerprint density at radius 1 is 1.53 bits per heavy atom. The number of halogens is 1. The van der Waals surface area contributed by atoms with Gasteiger partial charge in [0.05, 0.1) is 23.2 Å². The molecule has 0 fully saturated rings. The Labute approximate surface area is 103 Å². The van der Waals surface area contributed by atoms with E-state index in [4.69, 9.17) is 11.6 Å². The summed E-state index contributed by atoms with van der Waals surface area (Å²) >= 11 is 6.10. The molecule has 1 heterocycles. The highest BCUT2D eigenvalue weighted by Gasteiger charge is 2.15. The quantitative estimate of drug-likeness (QED) is 0.817. The van der Waals surface area contributed by atoms with E-state index in [1.165, 1.54) is 12.4 Å². The molecule has 2 rings (SSSR count). The average Bonchev–Trinajstić information content (AvgIpc) is 2.84. The second-order valence-electron chi connectivity index (χ2n) is 3.34. The smallest absolute Gasteiger partial charge is 0.151 e. The lowest BCUT2D eigenvalue weighted by Crippen LogP contribution is -1.85. The van der Waals surface area contributed by atoms with E-state index in [9.17, 15) is 5.11 Å². The molecular formula is C12H10ClN3O. The Hall–Kier alpha value is -2.07. The van der Waals surface area contributed by atoms with Gasteiger partial charge in [-0.2, -0.15) is 0 Å². The summed E-state index contributed by atoms with van der Waals surface area (Å²) in [6.45, 7) is 7.05. The molecule has 5 heteroatoms. The van der Waals surface area contributed by atoms with Gasteiger partial charge >= 0.3 is 0 Å². The highest BCUT2D eigenvalue weighted by atomic mass is 35.5. The zero-order chi connectivity index (χ0) is 12.4. The van der Waals surface area contributed by atoms with Crippen LogP contribution in [0.25, 0.3) is 17.3 Å². The Kier molecular flexibility index (Phi) is 2.97. The first-order chi connectivity index (χ1) is 8.19. The molecule has 4 nitrogen and oxygen atoms in total. The van der Waals surface area contributed by atoms with E-state index in [2.05, 4.69) is 28.3 Å². The summed E-state index contributed by atoms with van der Waals surface area (Å²) in [4.78, 5) is 10.6. The number of phenols is 1. The summed E-state index contributed by atoms with van der Waals surface area (Å²) in [5.74, 6) is 0.00329. The van der Waals surface area contributed by atoms with E-state index in [-0.39, 0.29) is 5.75 Å². The standard InChI is InChI=1S/C12H10ClN3O/c1-3-7-9(13)4-8(10-5-15-6-16-10)12(17)11(7)14-2/h3-6,17H,1-2H2,(H,15,16). The van der Waals surface area contributed by atoms with Crippen LogP contribution in [0.15, 0.2) is 30.2 Å². The summed E-state index contributed by atoms with van der Waals surface area (Å²) in [7, 11) is 0. The van der Waals surface area contributed by atoms with Crippen LogP contribution in [0.3, 0.4) is 0 Å². The SMILES string of the molecule is C=Cc1c(Cl)cc(-c2cnc[nH]2)c(O)c1N=C. The summed E-state index contributed by atoms with van der Waals surface area (Å²) in [5.41, 5.74) is 2.06. The normalized spacial score (nSPS) is 10.2. The minimum atomic E-state index is 0.00329. The van der Waals surface area contributed by atoms with Gasteiger partial charge in [0, 0.05) is 11.1 Å². The summed E-state index contributed by atoms with van der Waals surface area (Å²) in [6, 6.07) is 1.64. The monoisotopic (exact) mass is 247 g/mol. The van der Waals surface area contributed by atoms with Crippen LogP contribution < -0.4 is 0 Å². The third kappa shape index (κ3) is 1.83. The molecule has 0 saturated carbocycles. The van der Waals surface area contributed by atoms with Crippen LogP contribution in [-0.4, -0.2) is 21.8 Å². The lowest BCUT2D eigenvalue weighted by molar-refractivity contribution is 0.478. The number of H-pyrrole nitrogens is 1. The largest absolute Gasteiger partial charge is 0.505 e. The number of aromatic hydroxyl groups is 1. The molecule has 0 radical (unpaired) electrons. The molecule has 0 atom stereocenters. The number of hydrogen-bond donors (Lipinski definition) is 2. The van der Waals surface area contributed by atoms with Crippen LogP contribution in [0.2, 0.25) is 5.02 Å². The van der Waals surface area contributed by atoms with E-state index in [0.717, 1.165) is 0 Å². The van der Waals surface area contributed by atoms with E-state index < -0.39 is 0 Å². The van der Waals surface area contributed by atoms with Crippen molar-refractivity contribution in [3.63, 3.8) is 0 Å². The van der Waals surface area contributed by atoms with Crippen LogP contribution in [0, 0.1) is 0 Å². The third-order valence-electron chi connectivity index (χ3n) is 2.41. The maximum atomic E-state index is 10.1. The van der Waals surface area contributed by atoms with Crippen molar-refractivity contribution < 1.29 is 5.11 Å². The van der Waals surface area contributed by atoms with E-state index in [1.807, 2.05) is 0 Å². The van der Waals surface area contributed by atoms with Crippen LogP contribution in [0.4, 0.5) is 5.69 Å². The molecule has 1 aromatic heterocycles. The summed E-state index contributed by atoms with van der Waals surface area (Å²) in [6.07, 6.45) is 4.64. The van der Waals surface area contributed by atoms with Crippen LogP contribution in [0.5, 0.6) is 5.75 Å². The topological polar surface area (TPSA) is 61.3 Å². The number of benzene rings is 1. The number of nitrogens with zero attached hydrogens (tertiary/aromatic N) is 2. The Balaban J connectivity index is 2.76. The van der Waals surface area contributed by atoms with Crippen LogP contribution in [-0.2, 0) is 0 Å². The molecule has 0 bridgehead atoms. The number of phenolic OH excluding ortho intramolecular Hbond substituents is 1. The van der Waals surface area contributed by atoms with Crippen molar-refractivity contribution >= 4 is 30.1 Å². The van der Waals surface area contributed by atoms with Gasteiger partial charge in [-0.3, -0.25) is 4.99 Å². The van der Waals surface area contributed by atoms with E-state index >= 15 is 0 Å². The van der Waals surface area contributed by atoms with Crippen molar-refractivity contribution in [2.24, 2.45) is 4.99 Å². The minimum absolute atomic E-state index is 0.00329. The van der Waals surface area contributed by atoms with Crippen molar-refractivity contribution in [2.75, 3.05) is 0 Å². The molecule has 0 spiro atoms. The number of imidazole rings is 1. The van der Waals surface area contributed by atoms with Gasteiger partial charge in [-0.05, 0) is 12.8 Å². The fourth-order valence-electron chi connectivity index (χ4n) is 1.60. The zero-order valence-corrected chi connectivity index (χ0v) is 9.70. The first kappa shape index (κ1) is 11.4. The van der Waals surface area contributed by atoms with Gasteiger partial charge in [0.1, 0.15) is 5.69 Å². The molecule has 0 unspecified atom stereocenters. The van der Waals surface area contributed by atoms with Crippen molar-refractivity contribution in [3.05, 3.63) is 35.8 Å². The fourth-order valence-corrected chi connectivity index (χ4v) is 1.88. The Bertz CT molecular complexity index is 576. The van der Waals surface area contributed by atoms with Gasteiger partial charge in [0.15, 0.2) is 5.75 Å². The van der Waals surface area contributed by atoms with E-state index in [0.29, 0.717) is 27.5 Å². The first-order valence-corrected chi connectivity index (χ1v) is 5.20. The molecule has 0 aliphatic carbocycles. The van der Waals surface area contributed by atoms with Crippen molar-refractivity contribution in [2.45, 2.75) is 0 Å². The van der Waals surface area contributed by atoms with Gasteiger partial charge in [-0.1, -0.05) is 24.3 Å². The molecule has 2 aromatic rings. The van der Waals surface area contributed by atoms with Crippen LogP contribution in [0.1, 0.15) is 5.56 Å². The molecule has 0 saturated heterocycles. The second-order valence-corrected chi connectivity index (χ2v) is 3.75. The lowest BCUT2D eigenvalue weighted by Gasteiger charge is -2.10. The Morgan fingerprint density at radius 2 is 2.29 bits per heavy atom. The predicted octanol–water partition coefficient (Wildman–Crippen LogP) is 3.41. The van der Waals surface area contributed by atoms with Gasteiger partial charge < -0.3 is 10.1 Å². The Morgan fingerprint density at radius 3 is 2.82 bits per heavy atom. The average molecular weight is 248 g/mol.